The maximum absolute atomic E-state index is 13.8. The highest BCUT2D eigenvalue weighted by Crippen LogP contribution is 2.43. The van der Waals surface area contributed by atoms with Crippen LogP contribution in [0.25, 0.3) is 0 Å². The molecule has 2 aromatic rings. The van der Waals surface area contributed by atoms with Crippen LogP contribution < -0.4 is 10.2 Å². The molecule has 2 fully saturated rings. The molecular formula is C29H37N3O4. The van der Waals surface area contributed by atoms with E-state index in [9.17, 15) is 19.5 Å². The molecular weight excluding hydrogens is 454 g/mol. The summed E-state index contributed by atoms with van der Waals surface area (Å²) in [6.45, 7) is 7.89. The van der Waals surface area contributed by atoms with Gasteiger partial charge in [0.25, 0.3) is 5.91 Å². The molecule has 1 aliphatic carbocycles. The van der Waals surface area contributed by atoms with E-state index in [1.165, 1.54) is 0 Å². The standard InChI is InChI=1S/C29H37N3O4/c1-19(2)23-9-8-10-24(20(3)4)26(23)30-25(34)17-31-27(35)29(15-6-5-7-16-29)32(28(31)36)22-13-11-21(18-33)12-14-22/h8-14,19-20,33H,5-7,15-18H2,1-4H3,(H,30,34). The summed E-state index contributed by atoms with van der Waals surface area (Å²) < 4.78 is 0. The first kappa shape index (κ1) is 25.9. The molecule has 7 heteroatoms. The smallest absolute Gasteiger partial charge is 0.332 e. The van der Waals surface area contributed by atoms with Crippen molar-refractivity contribution in [1.82, 2.24) is 4.90 Å². The first-order valence-corrected chi connectivity index (χ1v) is 13.0. The largest absolute Gasteiger partial charge is 0.392 e. The van der Waals surface area contributed by atoms with Crippen LogP contribution in [0.4, 0.5) is 16.2 Å². The maximum Gasteiger partial charge on any atom is 0.332 e. The summed E-state index contributed by atoms with van der Waals surface area (Å²) >= 11 is 0. The summed E-state index contributed by atoms with van der Waals surface area (Å²) in [5.41, 5.74) is 3.22. The van der Waals surface area contributed by atoms with Gasteiger partial charge < -0.3 is 10.4 Å². The van der Waals surface area contributed by atoms with Gasteiger partial charge in [0.1, 0.15) is 12.1 Å². The number of carbonyl (C=O) groups is 3. The molecule has 0 radical (unpaired) electrons. The maximum atomic E-state index is 13.8. The fourth-order valence-electron chi connectivity index (χ4n) is 5.58. The Morgan fingerprint density at radius 1 is 0.944 bits per heavy atom. The van der Waals surface area contributed by atoms with E-state index in [4.69, 9.17) is 0 Å². The number of aliphatic hydroxyl groups excluding tert-OH is 1. The number of imide groups is 1. The van der Waals surface area contributed by atoms with Crippen LogP contribution in [0.2, 0.25) is 0 Å². The van der Waals surface area contributed by atoms with E-state index < -0.39 is 11.6 Å². The van der Waals surface area contributed by atoms with Crippen LogP contribution in [0.1, 0.15) is 88.3 Å². The highest BCUT2D eigenvalue weighted by atomic mass is 16.3. The minimum Gasteiger partial charge on any atom is -0.392 e. The van der Waals surface area contributed by atoms with Gasteiger partial charge in [-0.3, -0.25) is 19.4 Å². The summed E-state index contributed by atoms with van der Waals surface area (Å²) in [6.07, 6.45) is 3.87. The second kappa shape index (κ2) is 10.4. The molecule has 2 aliphatic rings. The minimum absolute atomic E-state index is 0.0964. The molecule has 192 valence electrons. The Labute approximate surface area is 213 Å². The zero-order chi connectivity index (χ0) is 26.0. The summed E-state index contributed by atoms with van der Waals surface area (Å²) in [7, 11) is 0. The van der Waals surface area contributed by atoms with Crippen molar-refractivity contribution in [2.75, 3.05) is 16.8 Å². The van der Waals surface area contributed by atoms with E-state index in [2.05, 4.69) is 33.0 Å². The number of amides is 4. The SMILES string of the molecule is CC(C)c1cccc(C(C)C)c1NC(=O)CN1C(=O)N(c2ccc(CO)cc2)C2(CCCCC2)C1=O. The molecule has 4 amide bonds. The summed E-state index contributed by atoms with van der Waals surface area (Å²) in [6, 6.07) is 12.6. The quantitative estimate of drug-likeness (QED) is 0.498. The van der Waals surface area contributed by atoms with Crippen molar-refractivity contribution in [3.05, 3.63) is 59.2 Å². The topological polar surface area (TPSA) is 90.0 Å². The van der Waals surface area contributed by atoms with Crippen molar-refractivity contribution in [2.45, 2.75) is 83.8 Å². The Hall–Kier alpha value is -3.19. The predicted molar refractivity (Wildman–Crippen MR) is 141 cm³/mol. The average Bonchev–Trinajstić information content (AvgIpc) is 3.05. The summed E-state index contributed by atoms with van der Waals surface area (Å²) in [5, 5.41) is 12.5. The number of carbonyl (C=O) groups excluding carboxylic acids is 3. The van der Waals surface area contributed by atoms with Crippen molar-refractivity contribution in [3.63, 3.8) is 0 Å². The van der Waals surface area contributed by atoms with Crippen molar-refractivity contribution < 1.29 is 19.5 Å². The molecule has 0 unspecified atom stereocenters. The van der Waals surface area contributed by atoms with Crippen LogP contribution in [-0.2, 0) is 16.2 Å². The lowest BCUT2D eigenvalue weighted by atomic mass is 9.80. The monoisotopic (exact) mass is 491 g/mol. The van der Waals surface area contributed by atoms with E-state index in [-0.39, 0.29) is 36.8 Å². The number of hydrogen-bond acceptors (Lipinski definition) is 4. The van der Waals surface area contributed by atoms with Gasteiger partial charge >= 0.3 is 6.03 Å². The Bertz CT molecular complexity index is 1110. The second-order valence-electron chi connectivity index (χ2n) is 10.6. The van der Waals surface area contributed by atoms with Crippen LogP contribution >= 0.6 is 0 Å². The van der Waals surface area contributed by atoms with Crippen molar-refractivity contribution in [2.24, 2.45) is 0 Å². The van der Waals surface area contributed by atoms with Gasteiger partial charge in [0.15, 0.2) is 0 Å². The van der Waals surface area contributed by atoms with Gasteiger partial charge in [-0.25, -0.2) is 4.79 Å². The zero-order valence-electron chi connectivity index (χ0n) is 21.7. The van der Waals surface area contributed by atoms with Crippen molar-refractivity contribution >= 4 is 29.2 Å². The number of anilines is 2. The predicted octanol–water partition coefficient (Wildman–Crippen LogP) is 5.54. The molecule has 1 saturated carbocycles. The Morgan fingerprint density at radius 3 is 2.06 bits per heavy atom. The number of nitrogens with one attached hydrogen (secondary N) is 1. The molecule has 1 spiro atoms. The van der Waals surface area contributed by atoms with E-state index in [1.807, 2.05) is 18.2 Å². The van der Waals surface area contributed by atoms with E-state index >= 15 is 0 Å². The lowest BCUT2D eigenvalue weighted by Crippen LogP contribution is -2.51. The zero-order valence-corrected chi connectivity index (χ0v) is 21.7. The Balaban J connectivity index is 1.64. The van der Waals surface area contributed by atoms with Gasteiger partial charge in [0.2, 0.25) is 5.91 Å². The van der Waals surface area contributed by atoms with Gasteiger partial charge in [-0.15, -0.1) is 0 Å². The number of para-hydroxylation sites is 1. The molecule has 1 aliphatic heterocycles. The molecule has 0 atom stereocenters. The van der Waals surface area contributed by atoms with Crippen LogP contribution in [-0.4, -0.2) is 39.9 Å². The van der Waals surface area contributed by atoms with Gasteiger partial charge in [-0.05, 0) is 53.5 Å². The average molecular weight is 492 g/mol. The molecule has 1 heterocycles. The molecule has 2 aromatic carbocycles. The third-order valence-electron chi connectivity index (χ3n) is 7.49. The fraction of sp³-hybridized carbons (Fsp3) is 0.483. The van der Waals surface area contributed by atoms with Gasteiger partial charge in [-0.2, -0.15) is 0 Å². The van der Waals surface area contributed by atoms with Crippen LogP contribution in [0.15, 0.2) is 42.5 Å². The third kappa shape index (κ3) is 4.64. The van der Waals surface area contributed by atoms with Crippen LogP contribution in [0.5, 0.6) is 0 Å². The molecule has 4 rings (SSSR count). The van der Waals surface area contributed by atoms with E-state index in [1.54, 1.807) is 29.2 Å². The number of rotatable bonds is 7. The number of urea groups is 1. The second-order valence-corrected chi connectivity index (χ2v) is 10.6. The Morgan fingerprint density at radius 2 is 1.53 bits per heavy atom. The van der Waals surface area contributed by atoms with Crippen molar-refractivity contribution in [3.8, 4) is 0 Å². The van der Waals surface area contributed by atoms with Crippen LogP contribution in [0, 0.1) is 0 Å². The highest BCUT2D eigenvalue weighted by molar-refractivity contribution is 6.18. The lowest BCUT2D eigenvalue weighted by molar-refractivity contribution is -0.134. The molecule has 2 N–H and O–H groups in total. The normalized spacial score (nSPS) is 17.5. The first-order chi connectivity index (χ1) is 17.2. The van der Waals surface area contributed by atoms with Gasteiger partial charge in [0.05, 0.1) is 6.61 Å². The molecule has 7 nitrogen and oxygen atoms in total. The molecule has 1 saturated heterocycles. The van der Waals surface area contributed by atoms with Crippen molar-refractivity contribution in [1.29, 1.82) is 0 Å². The van der Waals surface area contributed by atoms with Crippen LogP contribution in [0.3, 0.4) is 0 Å². The minimum atomic E-state index is -0.963. The number of nitrogens with zero attached hydrogens (tertiary/aromatic N) is 2. The molecule has 0 aromatic heterocycles. The van der Waals surface area contributed by atoms with Gasteiger partial charge in [-0.1, -0.05) is 77.3 Å². The van der Waals surface area contributed by atoms with E-state index in [0.717, 1.165) is 46.5 Å². The summed E-state index contributed by atoms with van der Waals surface area (Å²) in [4.78, 5) is 43.5. The fourth-order valence-corrected chi connectivity index (χ4v) is 5.58. The van der Waals surface area contributed by atoms with E-state index in [0.29, 0.717) is 18.5 Å². The highest BCUT2D eigenvalue weighted by Gasteiger charge is 2.58. The number of aliphatic hydroxyl groups is 1. The summed E-state index contributed by atoms with van der Waals surface area (Å²) in [5.74, 6) is -0.265. The third-order valence-corrected chi connectivity index (χ3v) is 7.49. The first-order valence-electron chi connectivity index (χ1n) is 13.0. The van der Waals surface area contributed by atoms with Gasteiger partial charge in [0, 0.05) is 11.4 Å². The Kier molecular flexibility index (Phi) is 7.50. The lowest BCUT2D eigenvalue weighted by Gasteiger charge is -2.38. The molecule has 36 heavy (non-hydrogen) atoms. The molecule has 0 bridgehead atoms. The number of hydrogen-bond donors (Lipinski definition) is 2. The number of benzene rings is 2.